The largest absolute Gasteiger partial charge is 0.365 e. The second-order valence-electron chi connectivity index (χ2n) is 6.80. The van der Waals surface area contributed by atoms with Crippen LogP contribution in [0.2, 0.25) is 0 Å². The normalized spacial score (nSPS) is 16.3. The molecular weight excluding hydrogens is 332 g/mol. The third-order valence-electron chi connectivity index (χ3n) is 4.56. The quantitative estimate of drug-likeness (QED) is 0.164. The molecular formula is C19H36N4O3. The van der Waals surface area contributed by atoms with Gasteiger partial charge in [0.1, 0.15) is 5.70 Å². The van der Waals surface area contributed by atoms with Crippen molar-refractivity contribution < 1.29 is 15.0 Å². The van der Waals surface area contributed by atoms with Gasteiger partial charge in [-0.2, -0.15) is 0 Å². The van der Waals surface area contributed by atoms with Gasteiger partial charge in [0.15, 0.2) is 5.79 Å². The summed E-state index contributed by atoms with van der Waals surface area (Å²) in [5, 5.41) is 27.7. The fourth-order valence-corrected chi connectivity index (χ4v) is 2.61. The van der Waals surface area contributed by atoms with Crippen molar-refractivity contribution in [1.29, 1.82) is 0 Å². The standard InChI is InChI=1S/C19H36N4O3/c1-8-16(10-21-11-19(6,25)26)14(4)13(3)15(5)23-18(24)17(9-2)22-12-20-7/h9,12,14,16,21,25-26H,8,10-11H2,1-7H3,(H,20,22)(H,23,24)/b15-13+,17-9-/t14-,16+/m1/s1. The average Bonchev–Trinajstić information content (AvgIpc) is 2.57. The summed E-state index contributed by atoms with van der Waals surface area (Å²) in [4.78, 5) is 16.2. The zero-order chi connectivity index (χ0) is 20.3. The SMILES string of the molecule is C/C=C(\NC=NC)C(=O)N/C(C)=C(\C)[C@@H](C)[C@@H](CC)CNCC(C)(O)O. The molecule has 0 saturated heterocycles. The topological polar surface area (TPSA) is 106 Å². The third-order valence-corrected chi connectivity index (χ3v) is 4.56. The number of carbonyl (C=O) groups is 1. The molecule has 0 radical (unpaired) electrons. The molecule has 2 atom stereocenters. The van der Waals surface area contributed by atoms with Crippen LogP contribution in [0.4, 0.5) is 0 Å². The molecule has 0 spiro atoms. The Balaban J connectivity index is 4.96. The maximum absolute atomic E-state index is 12.3. The van der Waals surface area contributed by atoms with Crippen LogP contribution in [0.3, 0.4) is 0 Å². The predicted molar refractivity (Wildman–Crippen MR) is 106 cm³/mol. The number of aliphatic imine (C=N–C) groups is 1. The Labute approximate surface area is 157 Å². The van der Waals surface area contributed by atoms with Crippen LogP contribution in [0, 0.1) is 11.8 Å². The zero-order valence-corrected chi connectivity index (χ0v) is 17.2. The Morgan fingerprint density at radius 1 is 1.31 bits per heavy atom. The van der Waals surface area contributed by atoms with Gasteiger partial charge < -0.3 is 26.2 Å². The molecule has 0 aromatic heterocycles. The van der Waals surface area contributed by atoms with Crippen LogP contribution in [0.25, 0.3) is 0 Å². The van der Waals surface area contributed by atoms with Gasteiger partial charge in [0.2, 0.25) is 0 Å². The highest BCUT2D eigenvalue weighted by Gasteiger charge is 2.21. The summed E-state index contributed by atoms with van der Waals surface area (Å²) < 4.78 is 0. The molecule has 0 aliphatic carbocycles. The van der Waals surface area contributed by atoms with E-state index in [1.54, 1.807) is 20.0 Å². The van der Waals surface area contributed by atoms with Gasteiger partial charge in [-0.25, -0.2) is 0 Å². The lowest BCUT2D eigenvalue weighted by molar-refractivity contribution is -0.140. The number of aliphatic hydroxyl groups is 2. The number of nitrogens with zero attached hydrogens (tertiary/aromatic N) is 1. The maximum atomic E-state index is 12.3. The van der Waals surface area contributed by atoms with E-state index in [0.29, 0.717) is 18.2 Å². The fraction of sp³-hybridized carbons (Fsp3) is 0.684. The van der Waals surface area contributed by atoms with Gasteiger partial charge in [-0.15, -0.1) is 0 Å². The van der Waals surface area contributed by atoms with Gasteiger partial charge >= 0.3 is 0 Å². The molecule has 1 amide bonds. The molecule has 0 heterocycles. The van der Waals surface area contributed by atoms with Gasteiger partial charge in [-0.3, -0.25) is 9.79 Å². The van der Waals surface area contributed by atoms with E-state index in [4.69, 9.17) is 0 Å². The molecule has 0 aromatic carbocycles. The molecule has 7 nitrogen and oxygen atoms in total. The number of hydrogen-bond acceptors (Lipinski definition) is 5. The highest BCUT2D eigenvalue weighted by molar-refractivity contribution is 5.96. The first-order valence-electron chi connectivity index (χ1n) is 9.05. The summed E-state index contributed by atoms with van der Waals surface area (Å²) in [5.74, 6) is -1.38. The highest BCUT2D eigenvalue weighted by atomic mass is 16.5. The lowest BCUT2D eigenvalue weighted by Gasteiger charge is -2.27. The first-order chi connectivity index (χ1) is 12.1. The van der Waals surface area contributed by atoms with Gasteiger partial charge in [0.25, 0.3) is 5.91 Å². The zero-order valence-electron chi connectivity index (χ0n) is 17.2. The van der Waals surface area contributed by atoms with Crippen LogP contribution >= 0.6 is 0 Å². The molecule has 0 aromatic rings. The lowest BCUT2D eigenvalue weighted by atomic mass is 9.85. The molecule has 7 heteroatoms. The second-order valence-corrected chi connectivity index (χ2v) is 6.80. The van der Waals surface area contributed by atoms with E-state index in [9.17, 15) is 15.0 Å². The number of hydrogen-bond donors (Lipinski definition) is 5. The minimum atomic E-state index is -1.71. The van der Waals surface area contributed by atoms with E-state index in [0.717, 1.165) is 17.7 Å². The first-order valence-corrected chi connectivity index (χ1v) is 9.05. The van der Waals surface area contributed by atoms with Crippen LogP contribution in [0.15, 0.2) is 28.0 Å². The van der Waals surface area contributed by atoms with E-state index in [2.05, 4.69) is 34.8 Å². The van der Waals surface area contributed by atoms with Gasteiger partial charge in [-0.05, 0) is 46.1 Å². The van der Waals surface area contributed by atoms with Crippen molar-refractivity contribution in [1.82, 2.24) is 16.0 Å². The van der Waals surface area contributed by atoms with Gasteiger partial charge in [0, 0.05) is 19.3 Å². The Kier molecular flexibility index (Phi) is 11.1. The molecule has 0 fully saturated rings. The minimum absolute atomic E-state index is 0.115. The van der Waals surface area contributed by atoms with Crippen molar-refractivity contribution in [2.45, 2.75) is 53.8 Å². The van der Waals surface area contributed by atoms with Crippen LogP contribution in [0.1, 0.15) is 48.0 Å². The first kappa shape index (κ1) is 24.3. The fourth-order valence-electron chi connectivity index (χ4n) is 2.61. The van der Waals surface area contributed by atoms with Crippen LogP contribution in [0.5, 0.6) is 0 Å². The highest BCUT2D eigenvalue weighted by Crippen LogP contribution is 2.24. The summed E-state index contributed by atoms with van der Waals surface area (Å²) >= 11 is 0. The molecule has 26 heavy (non-hydrogen) atoms. The molecule has 0 aliphatic heterocycles. The number of carbonyl (C=O) groups excluding carboxylic acids is 1. The van der Waals surface area contributed by atoms with Gasteiger partial charge in [-0.1, -0.05) is 31.9 Å². The Hall–Kier alpha value is -1.70. The predicted octanol–water partition coefficient (Wildman–Crippen LogP) is 1.50. The summed E-state index contributed by atoms with van der Waals surface area (Å²) in [6.45, 7) is 12.1. The van der Waals surface area contributed by atoms with Crippen LogP contribution < -0.4 is 16.0 Å². The summed E-state index contributed by atoms with van der Waals surface area (Å²) in [7, 11) is 1.63. The number of amides is 1. The third kappa shape index (κ3) is 9.12. The van der Waals surface area contributed by atoms with Crippen LogP contribution in [-0.2, 0) is 4.79 Å². The van der Waals surface area contributed by atoms with Crippen molar-refractivity contribution in [2.24, 2.45) is 16.8 Å². The molecule has 0 bridgehead atoms. The number of nitrogens with one attached hydrogen (secondary N) is 3. The minimum Gasteiger partial charge on any atom is -0.365 e. The molecule has 0 aliphatic rings. The Morgan fingerprint density at radius 3 is 2.38 bits per heavy atom. The smallest absolute Gasteiger partial charge is 0.271 e. The second kappa shape index (κ2) is 11.8. The summed E-state index contributed by atoms with van der Waals surface area (Å²) in [6, 6.07) is 0. The molecule has 5 N–H and O–H groups in total. The van der Waals surface area contributed by atoms with E-state index >= 15 is 0 Å². The van der Waals surface area contributed by atoms with Crippen molar-refractivity contribution in [2.75, 3.05) is 20.1 Å². The molecule has 0 rings (SSSR count). The number of allylic oxidation sites excluding steroid dienone is 3. The van der Waals surface area contributed by atoms with E-state index in [1.165, 1.54) is 13.3 Å². The number of rotatable bonds is 11. The van der Waals surface area contributed by atoms with Crippen LogP contribution in [-0.4, -0.2) is 48.4 Å². The summed E-state index contributed by atoms with van der Waals surface area (Å²) in [6.07, 6.45) is 4.11. The van der Waals surface area contributed by atoms with Crippen molar-refractivity contribution >= 4 is 12.2 Å². The molecule has 150 valence electrons. The van der Waals surface area contributed by atoms with E-state index in [-0.39, 0.29) is 18.4 Å². The van der Waals surface area contributed by atoms with E-state index in [1.807, 2.05) is 13.8 Å². The Morgan fingerprint density at radius 2 is 1.92 bits per heavy atom. The van der Waals surface area contributed by atoms with Gasteiger partial charge in [0.05, 0.1) is 6.34 Å². The van der Waals surface area contributed by atoms with E-state index < -0.39 is 5.79 Å². The Bertz CT molecular complexity index is 533. The molecule has 0 saturated carbocycles. The van der Waals surface area contributed by atoms with Crippen molar-refractivity contribution in [3.63, 3.8) is 0 Å². The average molecular weight is 369 g/mol. The monoisotopic (exact) mass is 368 g/mol. The maximum Gasteiger partial charge on any atom is 0.271 e. The van der Waals surface area contributed by atoms with Crippen molar-refractivity contribution in [3.8, 4) is 0 Å². The lowest BCUT2D eigenvalue weighted by Crippen LogP contribution is -2.40. The molecule has 0 unspecified atom stereocenters. The summed E-state index contributed by atoms with van der Waals surface area (Å²) in [5.41, 5.74) is 2.36. The van der Waals surface area contributed by atoms with Crippen molar-refractivity contribution in [3.05, 3.63) is 23.0 Å².